The highest BCUT2D eigenvalue weighted by molar-refractivity contribution is 5.75. The number of carbonyl (C=O) groups excluding carboxylic acids is 3. The molecule has 0 aliphatic rings. The van der Waals surface area contributed by atoms with Crippen LogP contribution in [0, 0.1) is 0 Å². The Hall–Kier alpha value is -1.59. The van der Waals surface area contributed by atoms with Gasteiger partial charge in [0.05, 0.1) is 13.0 Å². The molecule has 0 radical (unpaired) electrons. The Morgan fingerprint density at radius 1 is 1.18 bits per heavy atom. The standard InChI is InChI=1S/C11H20N2O4/c1-4-17-11(16)5-7-13(10(3)15)8-6-12-9(2)14/h4-8H2,1-3H3,(H,12,14). The third-order valence-corrected chi connectivity index (χ3v) is 2.09. The molecular formula is C11H20N2O4. The Morgan fingerprint density at radius 3 is 2.29 bits per heavy atom. The normalized spacial score (nSPS) is 9.59. The van der Waals surface area contributed by atoms with Crippen molar-refractivity contribution >= 4 is 17.8 Å². The van der Waals surface area contributed by atoms with Gasteiger partial charge in [-0.25, -0.2) is 0 Å². The number of nitrogens with one attached hydrogen (secondary N) is 1. The fourth-order valence-corrected chi connectivity index (χ4v) is 1.25. The number of hydrogen-bond donors (Lipinski definition) is 1. The molecule has 0 saturated heterocycles. The SMILES string of the molecule is CCOC(=O)CCN(CCNC(C)=O)C(C)=O. The first-order chi connectivity index (χ1) is 7.97. The molecule has 0 rings (SSSR count). The van der Waals surface area contributed by atoms with Gasteiger partial charge in [0.15, 0.2) is 0 Å². The molecule has 0 saturated carbocycles. The van der Waals surface area contributed by atoms with Gasteiger partial charge in [0.1, 0.15) is 0 Å². The first-order valence-electron chi connectivity index (χ1n) is 5.63. The summed E-state index contributed by atoms with van der Waals surface area (Å²) in [6.45, 7) is 6.01. The molecule has 6 heteroatoms. The predicted octanol–water partition coefficient (Wildman–Crippen LogP) is -0.0758. The minimum absolute atomic E-state index is 0.125. The summed E-state index contributed by atoms with van der Waals surface area (Å²) in [4.78, 5) is 34.5. The van der Waals surface area contributed by atoms with Gasteiger partial charge in [-0.15, -0.1) is 0 Å². The molecule has 0 aromatic rings. The van der Waals surface area contributed by atoms with Crippen LogP contribution < -0.4 is 5.32 Å². The van der Waals surface area contributed by atoms with Crippen molar-refractivity contribution in [2.45, 2.75) is 27.2 Å². The first kappa shape index (κ1) is 15.4. The lowest BCUT2D eigenvalue weighted by molar-refractivity contribution is -0.144. The van der Waals surface area contributed by atoms with Gasteiger partial charge in [0.2, 0.25) is 11.8 Å². The van der Waals surface area contributed by atoms with E-state index in [2.05, 4.69) is 5.32 Å². The molecule has 6 nitrogen and oxygen atoms in total. The monoisotopic (exact) mass is 244 g/mol. The van der Waals surface area contributed by atoms with Crippen LogP contribution >= 0.6 is 0 Å². The van der Waals surface area contributed by atoms with Gasteiger partial charge in [-0.3, -0.25) is 14.4 Å². The zero-order valence-electron chi connectivity index (χ0n) is 10.6. The predicted molar refractivity (Wildman–Crippen MR) is 62.2 cm³/mol. The van der Waals surface area contributed by atoms with Gasteiger partial charge in [0.25, 0.3) is 0 Å². The lowest BCUT2D eigenvalue weighted by Gasteiger charge is -2.20. The van der Waals surface area contributed by atoms with E-state index in [9.17, 15) is 14.4 Å². The summed E-state index contributed by atoms with van der Waals surface area (Å²) in [6.07, 6.45) is 0.174. The van der Waals surface area contributed by atoms with Crippen LogP contribution in [-0.2, 0) is 19.1 Å². The molecule has 17 heavy (non-hydrogen) atoms. The number of ether oxygens (including phenoxy) is 1. The minimum Gasteiger partial charge on any atom is -0.466 e. The average Bonchev–Trinajstić information content (AvgIpc) is 2.22. The zero-order valence-corrected chi connectivity index (χ0v) is 10.6. The maximum Gasteiger partial charge on any atom is 0.307 e. The number of esters is 1. The summed E-state index contributed by atoms with van der Waals surface area (Å²) in [5, 5.41) is 2.59. The number of amides is 2. The molecule has 0 aromatic heterocycles. The van der Waals surface area contributed by atoms with Crippen molar-refractivity contribution < 1.29 is 19.1 Å². The van der Waals surface area contributed by atoms with E-state index in [4.69, 9.17) is 4.74 Å². The Labute approximate surface area is 101 Å². The summed E-state index contributed by atoms with van der Waals surface area (Å²) in [6, 6.07) is 0. The molecule has 0 spiro atoms. The van der Waals surface area contributed by atoms with E-state index >= 15 is 0 Å². The number of carbonyl (C=O) groups is 3. The smallest absolute Gasteiger partial charge is 0.307 e. The van der Waals surface area contributed by atoms with Crippen molar-refractivity contribution in [3.8, 4) is 0 Å². The topological polar surface area (TPSA) is 75.7 Å². The maximum atomic E-state index is 11.3. The van der Waals surface area contributed by atoms with E-state index in [0.29, 0.717) is 26.2 Å². The van der Waals surface area contributed by atoms with Crippen LogP contribution in [0.4, 0.5) is 0 Å². The molecule has 0 bridgehead atoms. The highest BCUT2D eigenvalue weighted by atomic mass is 16.5. The van der Waals surface area contributed by atoms with Crippen LogP contribution in [0.5, 0.6) is 0 Å². The minimum atomic E-state index is -0.321. The lowest BCUT2D eigenvalue weighted by Crippen LogP contribution is -2.38. The number of rotatable bonds is 7. The summed E-state index contributed by atoms with van der Waals surface area (Å²) in [5.74, 6) is -0.586. The zero-order chi connectivity index (χ0) is 13.3. The third kappa shape index (κ3) is 8.24. The van der Waals surface area contributed by atoms with Crippen LogP contribution in [0.25, 0.3) is 0 Å². The highest BCUT2D eigenvalue weighted by Gasteiger charge is 2.11. The number of nitrogens with zero attached hydrogens (tertiary/aromatic N) is 1. The van der Waals surface area contributed by atoms with Gasteiger partial charge in [-0.2, -0.15) is 0 Å². The fraction of sp³-hybridized carbons (Fsp3) is 0.727. The van der Waals surface area contributed by atoms with Crippen LogP contribution in [0.1, 0.15) is 27.2 Å². The quantitative estimate of drug-likeness (QED) is 0.636. The highest BCUT2D eigenvalue weighted by Crippen LogP contribution is 1.94. The average molecular weight is 244 g/mol. The van der Waals surface area contributed by atoms with Gasteiger partial charge in [0, 0.05) is 33.5 Å². The Kier molecular flexibility index (Phi) is 7.75. The molecule has 0 aliphatic carbocycles. The van der Waals surface area contributed by atoms with Crippen LogP contribution in [-0.4, -0.2) is 48.9 Å². The maximum absolute atomic E-state index is 11.3. The van der Waals surface area contributed by atoms with E-state index < -0.39 is 0 Å². The van der Waals surface area contributed by atoms with E-state index in [1.807, 2.05) is 0 Å². The molecule has 2 amide bonds. The summed E-state index contributed by atoms with van der Waals surface area (Å²) in [7, 11) is 0. The molecule has 0 unspecified atom stereocenters. The first-order valence-corrected chi connectivity index (χ1v) is 5.63. The van der Waals surface area contributed by atoms with Crippen LogP contribution in [0.2, 0.25) is 0 Å². The molecule has 0 fully saturated rings. The van der Waals surface area contributed by atoms with E-state index in [0.717, 1.165) is 0 Å². The molecular weight excluding hydrogens is 224 g/mol. The number of hydrogen-bond acceptors (Lipinski definition) is 4. The third-order valence-electron chi connectivity index (χ3n) is 2.09. The lowest BCUT2D eigenvalue weighted by atomic mass is 10.3. The molecule has 0 heterocycles. The summed E-state index contributed by atoms with van der Waals surface area (Å²) in [5.41, 5.74) is 0. The Bertz CT molecular complexity index is 279. The van der Waals surface area contributed by atoms with Crippen molar-refractivity contribution in [3.05, 3.63) is 0 Å². The second-order valence-electron chi connectivity index (χ2n) is 3.54. The van der Waals surface area contributed by atoms with Gasteiger partial charge < -0.3 is 15.0 Å². The van der Waals surface area contributed by atoms with Crippen LogP contribution in [0.3, 0.4) is 0 Å². The second kappa shape index (κ2) is 8.55. The molecule has 0 aliphatic heterocycles. The molecule has 0 aromatic carbocycles. The van der Waals surface area contributed by atoms with Crippen molar-refractivity contribution in [2.24, 2.45) is 0 Å². The van der Waals surface area contributed by atoms with Gasteiger partial charge in [-0.05, 0) is 6.92 Å². The molecule has 1 N–H and O–H groups in total. The largest absolute Gasteiger partial charge is 0.466 e. The Balaban J connectivity index is 3.94. The van der Waals surface area contributed by atoms with Gasteiger partial charge >= 0.3 is 5.97 Å². The van der Waals surface area contributed by atoms with Crippen LogP contribution in [0.15, 0.2) is 0 Å². The van der Waals surface area contributed by atoms with E-state index in [-0.39, 0.29) is 24.2 Å². The fourth-order valence-electron chi connectivity index (χ4n) is 1.25. The molecule has 98 valence electrons. The van der Waals surface area contributed by atoms with Crippen molar-refractivity contribution in [3.63, 3.8) is 0 Å². The Morgan fingerprint density at radius 2 is 1.82 bits per heavy atom. The van der Waals surface area contributed by atoms with Crippen molar-refractivity contribution in [2.75, 3.05) is 26.2 Å². The second-order valence-corrected chi connectivity index (χ2v) is 3.54. The van der Waals surface area contributed by atoms with Crippen molar-refractivity contribution in [1.29, 1.82) is 0 Å². The van der Waals surface area contributed by atoms with E-state index in [1.54, 1.807) is 6.92 Å². The molecule has 0 atom stereocenters. The van der Waals surface area contributed by atoms with E-state index in [1.165, 1.54) is 18.7 Å². The summed E-state index contributed by atoms with van der Waals surface area (Å²) < 4.78 is 4.77. The van der Waals surface area contributed by atoms with Gasteiger partial charge in [-0.1, -0.05) is 0 Å². The summed E-state index contributed by atoms with van der Waals surface area (Å²) >= 11 is 0. The van der Waals surface area contributed by atoms with Crippen molar-refractivity contribution in [1.82, 2.24) is 10.2 Å².